The number of unbranched alkanes of at least 4 members (excludes halogenated alkanes) is 1. The molecule has 1 rings (SSSR count). The molecule has 4 heteroatoms. The van der Waals surface area contributed by atoms with Crippen LogP contribution in [0.1, 0.15) is 24.8 Å². The number of benzene rings is 1. The van der Waals surface area contributed by atoms with Gasteiger partial charge in [-0.2, -0.15) is 0 Å². The number of rotatable bonds is 5. The summed E-state index contributed by atoms with van der Waals surface area (Å²) in [6.45, 7) is 1.76. The molecule has 0 radical (unpaired) electrons. The molecule has 0 spiro atoms. The van der Waals surface area contributed by atoms with E-state index in [2.05, 4.69) is 5.32 Å². The number of para-hydroxylation sites is 1. The maximum Gasteiger partial charge on any atom is 0.224 e. The van der Waals surface area contributed by atoms with Gasteiger partial charge in [0.2, 0.25) is 5.91 Å². The van der Waals surface area contributed by atoms with E-state index >= 15 is 0 Å². The van der Waals surface area contributed by atoms with Crippen molar-refractivity contribution in [3.63, 3.8) is 0 Å². The number of carbonyl (C=O) groups excluding carboxylic acids is 1. The van der Waals surface area contributed by atoms with Crippen molar-refractivity contribution in [2.45, 2.75) is 26.2 Å². The minimum absolute atomic E-state index is 0.168. The highest BCUT2D eigenvalue weighted by molar-refractivity contribution is 6.17. The zero-order valence-corrected chi connectivity index (χ0v) is 9.98. The standard InChI is InChI=1S/C12H15ClFNO/c1-9-5-4-6-10(14)12(9)15-11(16)7-2-3-8-13/h4-6H,2-3,7-8H2,1H3,(H,15,16). The van der Waals surface area contributed by atoms with E-state index < -0.39 is 5.82 Å². The van der Waals surface area contributed by atoms with Crippen LogP contribution >= 0.6 is 11.6 Å². The molecular formula is C12H15ClFNO. The summed E-state index contributed by atoms with van der Waals surface area (Å²) in [6, 6.07) is 4.71. The minimum atomic E-state index is -0.398. The first-order valence-corrected chi connectivity index (χ1v) is 5.79. The van der Waals surface area contributed by atoms with E-state index in [0.717, 1.165) is 18.4 Å². The molecular weight excluding hydrogens is 229 g/mol. The van der Waals surface area contributed by atoms with Crippen molar-refractivity contribution in [1.82, 2.24) is 0 Å². The Bertz CT molecular complexity index is 348. The summed E-state index contributed by atoms with van der Waals surface area (Å²) in [5.41, 5.74) is 1.00. The molecule has 16 heavy (non-hydrogen) atoms. The first kappa shape index (κ1) is 13.0. The summed E-state index contributed by atoms with van der Waals surface area (Å²) in [7, 11) is 0. The molecule has 0 fully saturated rings. The van der Waals surface area contributed by atoms with Gasteiger partial charge in [0.25, 0.3) is 0 Å². The van der Waals surface area contributed by atoms with Crippen LogP contribution in [0.3, 0.4) is 0 Å². The van der Waals surface area contributed by atoms with Gasteiger partial charge in [-0.1, -0.05) is 12.1 Å². The molecule has 1 amide bonds. The van der Waals surface area contributed by atoms with E-state index in [9.17, 15) is 9.18 Å². The fourth-order valence-electron chi connectivity index (χ4n) is 1.37. The van der Waals surface area contributed by atoms with Crippen LogP contribution in [0.25, 0.3) is 0 Å². The molecule has 0 saturated heterocycles. The molecule has 0 aromatic heterocycles. The van der Waals surface area contributed by atoms with Crippen molar-refractivity contribution in [2.24, 2.45) is 0 Å². The van der Waals surface area contributed by atoms with E-state index in [-0.39, 0.29) is 11.6 Å². The molecule has 1 aromatic carbocycles. The van der Waals surface area contributed by atoms with Gasteiger partial charge in [-0.05, 0) is 31.4 Å². The lowest BCUT2D eigenvalue weighted by Crippen LogP contribution is -2.13. The Morgan fingerprint density at radius 1 is 1.44 bits per heavy atom. The van der Waals surface area contributed by atoms with Gasteiger partial charge in [0, 0.05) is 12.3 Å². The van der Waals surface area contributed by atoms with Crippen molar-refractivity contribution in [1.29, 1.82) is 0 Å². The Kier molecular flexibility index (Phi) is 5.26. The summed E-state index contributed by atoms with van der Waals surface area (Å²) in [5.74, 6) is -0.0181. The van der Waals surface area contributed by atoms with Gasteiger partial charge in [0.1, 0.15) is 5.82 Å². The van der Waals surface area contributed by atoms with Crippen LogP contribution in [-0.4, -0.2) is 11.8 Å². The zero-order chi connectivity index (χ0) is 12.0. The maximum absolute atomic E-state index is 13.4. The molecule has 0 bridgehead atoms. The minimum Gasteiger partial charge on any atom is -0.323 e. The number of aryl methyl sites for hydroxylation is 1. The highest BCUT2D eigenvalue weighted by atomic mass is 35.5. The Hall–Kier alpha value is -1.09. The van der Waals surface area contributed by atoms with Gasteiger partial charge in [0.05, 0.1) is 5.69 Å². The Labute approximate surface area is 99.8 Å². The molecule has 88 valence electrons. The van der Waals surface area contributed by atoms with Crippen LogP contribution in [0.2, 0.25) is 0 Å². The number of anilines is 1. The zero-order valence-electron chi connectivity index (χ0n) is 9.22. The van der Waals surface area contributed by atoms with Crippen LogP contribution in [0.4, 0.5) is 10.1 Å². The number of hydrogen-bond acceptors (Lipinski definition) is 1. The van der Waals surface area contributed by atoms with Crippen LogP contribution < -0.4 is 5.32 Å². The van der Waals surface area contributed by atoms with Crippen LogP contribution in [-0.2, 0) is 4.79 Å². The van der Waals surface area contributed by atoms with Crippen molar-refractivity contribution >= 4 is 23.2 Å². The lowest BCUT2D eigenvalue weighted by Gasteiger charge is -2.08. The molecule has 0 unspecified atom stereocenters. The summed E-state index contributed by atoms with van der Waals surface area (Å²) in [6.07, 6.45) is 1.90. The molecule has 0 heterocycles. The quantitative estimate of drug-likeness (QED) is 0.623. The third kappa shape index (κ3) is 3.81. The molecule has 2 nitrogen and oxygen atoms in total. The summed E-state index contributed by atoms with van der Waals surface area (Å²) in [5, 5.41) is 2.58. The first-order valence-electron chi connectivity index (χ1n) is 5.26. The lowest BCUT2D eigenvalue weighted by atomic mass is 10.2. The Morgan fingerprint density at radius 2 is 2.19 bits per heavy atom. The molecule has 0 atom stereocenters. The van der Waals surface area contributed by atoms with Crippen LogP contribution in [0, 0.1) is 12.7 Å². The van der Waals surface area contributed by atoms with E-state index in [1.807, 2.05) is 0 Å². The van der Waals surface area contributed by atoms with Gasteiger partial charge >= 0.3 is 0 Å². The number of halogens is 2. The van der Waals surface area contributed by atoms with Crippen LogP contribution in [0.5, 0.6) is 0 Å². The van der Waals surface area contributed by atoms with Crippen molar-refractivity contribution in [3.05, 3.63) is 29.6 Å². The third-order valence-electron chi connectivity index (χ3n) is 2.27. The van der Waals surface area contributed by atoms with Crippen LogP contribution in [0.15, 0.2) is 18.2 Å². The molecule has 1 aromatic rings. The maximum atomic E-state index is 13.4. The Morgan fingerprint density at radius 3 is 2.81 bits per heavy atom. The molecule has 1 N–H and O–H groups in total. The van der Waals surface area contributed by atoms with Gasteiger partial charge in [0.15, 0.2) is 0 Å². The Balaban J connectivity index is 2.56. The lowest BCUT2D eigenvalue weighted by molar-refractivity contribution is -0.116. The second kappa shape index (κ2) is 6.48. The number of alkyl halides is 1. The topological polar surface area (TPSA) is 29.1 Å². The number of amides is 1. The van der Waals surface area contributed by atoms with Crippen molar-refractivity contribution < 1.29 is 9.18 Å². The number of carbonyl (C=O) groups is 1. The van der Waals surface area contributed by atoms with Gasteiger partial charge < -0.3 is 5.32 Å². The molecule has 0 aliphatic carbocycles. The monoisotopic (exact) mass is 243 g/mol. The smallest absolute Gasteiger partial charge is 0.224 e. The average molecular weight is 244 g/mol. The van der Waals surface area contributed by atoms with E-state index in [4.69, 9.17) is 11.6 Å². The fraction of sp³-hybridized carbons (Fsp3) is 0.417. The second-order valence-corrected chi connectivity index (χ2v) is 4.00. The summed E-state index contributed by atoms with van der Waals surface area (Å²) in [4.78, 5) is 11.5. The normalized spacial score (nSPS) is 10.2. The van der Waals surface area contributed by atoms with Gasteiger partial charge in [-0.25, -0.2) is 4.39 Å². The second-order valence-electron chi connectivity index (χ2n) is 3.63. The number of nitrogens with one attached hydrogen (secondary N) is 1. The highest BCUT2D eigenvalue weighted by Gasteiger charge is 2.08. The van der Waals surface area contributed by atoms with Gasteiger partial charge in [-0.3, -0.25) is 4.79 Å². The van der Waals surface area contributed by atoms with Crippen molar-refractivity contribution in [3.8, 4) is 0 Å². The highest BCUT2D eigenvalue weighted by Crippen LogP contribution is 2.19. The summed E-state index contributed by atoms with van der Waals surface area (Å²) >= 11 is 5.50. The predicted molar refractivity (Wildman–Crippen MR) is 64.3 cm³/mol. The molecule has 0 aliphatic rings. The fourth-order valence-corrected chi connectivity index (χ4v) is 1.56. The van der Waals surface area contributed by atoms with E-state index in [0.29, 0.717) is 12.3 Å². The first-order chi connectivity index (χ1) is 7.65. The third-order valence-corrected chi connectivity index (χ3v) is 2.54. The van der Waals surface area contributed by atoms with E-state index in [1.54, 1.807) is 19.1 Å². The average Bonchev–Trinajstić information content (AvgIpc) is 2.24. The van der Waals surface area contributed by atoms with Gasteiger partial charge in [-0.15, -0.1) is 11.6 Å². The largest absolute Gasteiger partial charge is 0.323 e. The molecule has 0 aliphatic heterocycles. The van der Waals surface area contributed by atoms with E-state index in [1.165, 1.54) is 6.07 Å². The summed E-state index contributed by atoms with van der Waals surface area (Å²) < 4.78 is 13.4. The van der Waals surface area contributed by atoms with Crippen molar-refractivity contribution in [2.75, 3.05) is 11.2 Å². The SMILES string of the molecule is Cc1cccc(F)c1NC(=O)CCCCCl. The number of hydrogen-bond donors (Lipinski definition) is 1. The predicted octanol–water partition coefficient (Wildman–Crippen LogP) is 3.48. The molecule has 0 saturated carbocycles.